The van der Waals surface area contributed by atoms with Gasteiger partial charge in [0.2, 0.25) is 5.91 Å². The number of primary amides is 1. The maximum Gasteiger partial charge on any atom is 0.255 e. The fourth-order valence-electron chi connectivity index (χ4n) is 3.39. The molecule has 3 N–H and O–H groups in total. The number of para-hydroxylation sites is 1. The number of carbonyl (C=O) groups excluding carboxylic acids is 2. The monoisotopic (exact) mass is 388 g/mol. The van der Waals surface area contributed by atoms with Crippen molar-refractivity contribution >= 4 is 22.8 Å². The second-order valence-corrected chi connectivity index (χ2v) is 6.82. The number of aromatic nitrogens is 2. The van der Waals surface area contributed by atoms with E-state index in [0.717, 1.165) is 22.1 Å². The Morgan fingerprint density at radius 1 is 1.14 bits per heavy atom. The first-order valence-electron chi connectivity index (χ1n) is 9.17. The van der Waals surface area contributed by atoms with Gasteiger partial charge in [0.1, 0.15) is 17.5 Å². The molecule has 0 fully saturated rings. The van der Waals surface area contributed by atoms with Crippen LogP contribution in [-0.4, -0.2) is 21.6 Å². The van der Waals surface area contributed by atoms with Crippen molar-refractivity contribution in [1.82, 2.24) is 15.1 Å². The molecule has 1 atom stereocenters. The van der Waals surface area contributed by atoms with Crippen LogP contribution >= 0.6 is 0 Å². The van der Waals surface area contributed by atoms with Crippen molar-refractivity contribution in [2.45, 2.75) is 12.5 Å². The quantitative estimate of drug-likeness (QED) is 0.529. The van der Waals surface area contributed by atoms with Gasteiger partial charge in [0.05, 0.1) is 18.0 Å². The smallest absolute Gasteiger partial charge is 0.255 e. The topological polar surface area (TPSA) is 103 Å². The molecule has 4 aromatic rings. The van der Waals surface area contributed by atoms with Crippen LogP contribution in [0.15, 0.2) is 71.5 Å². The minimum Gasteiger partial charge on any atom is -0.464 e. The van der Waals surface area contributed by atoms with Crippen molar-refractivity contribution in [1.29, 1.82) is 0 Å². The van der Waals surface area contributed by atoms with Crippen LogP contribution < -0.4 is 11.1 Å². The van der Waals surface area contributed by atoms with E-state index in [1.807, 2.05) is 54.6 Å². The van der Waals surface area contributed by atoms with E-state index in [4.69, 9.17) is 10.2 Å². The summed E-state index contributed by atoms with van der Waals surface area (Å²) in [6.07, 6.45) is 3.25. The van der Waals surface area contributed by atoms with Crippen LogP contribution in [0.4, 0.5) is 0 Å². The molecule has 0 spiro atoms. The Morgan fingerprint density at radius 3 is 2.62 bits per heavy atom. The Bertz CT molecular complexity index is 1180. The molecule has 4 rings (SSSR count). The fourth-order valence-corrected chi connectivity index (χ4v) is 3.39. The van der Waals surface area contributed by atoms with E-state index in [9.17, 15) is 9.59 Å². The van der Waals surface area contributed by atoms with Gasteiger partial charge < -0.3 is 15.5 Å². The number of rotatable bonds is 6. The van der Waals surface area contributed by atoms with E-state index < -0.39 is 11.9 Å². The van der Waals surface area contributed by atoms with Gasteiger partial charge in [0, 0.05) is 24.2 Å². The van der Waals surface area contributed by atoms with Crippen LogP contribution in [0.2, 0.25) is 0 Å². The van der Waals surface area contributed by atoms with Crippen LogP contribution in [-0.2, 0) is 11.8 Å². The summed E-state index contributed by atoms with van der Waals surface area (Å²) in [6, 6.07) is 16.3. The fraction of sp³-hybridized carbons (Fsp3) is 0.136. The lowest BCUT2D eigenvalue weighted by molar-refractivity contribution is -0.118. The summed E-state index contributed by atoms with van der Waals surface area (Å²) in [5.74, 6) is -0.833. The zero-order chi connectivity index (χ0) is 20.4. The number of hydrogen-bond donors (Lipinski definition) is 2. The standard InChI is InChI=1S/C22H20N4O3/c1-26-12-16(21(25-26)17-13-29-19-10-6-5-9-15(17)19)22(28)24-18(11-20(23)27)14-7-3-2-4-8-14/h2-10,12-13,18H,11H2,1H3,(H2,23,27)(H,24,28)/t18-/m0/s1. The first-order chi connectivity index (χ1) is 14.0. The maximum atomic E-state index is 13.1. The number of furan rings is 1. The average Bonchev–Trinajstić information content (AvgIpc) is 3.31. The first kappa shape index (κ1) is 18.5. The van der Waals surface area contributed by atoms with Gasteiger partial charge in [-0.1, -0.05) is 48.5 Å². The Kier molecular flexibility index (Phi) is 4.87. The molecule has 7 nitrogen and oxygen atoms in total. The van der Waals surface area contributed by atoms with Crippen molar-refractivity contribution in [3.8, 4) is 11.3 Å². The molecule has 0 saturated carbocycles. The number of aryl methyl sites for hydroxylation is 1. The summed E-state index contributed by atoms with van der Waals surface area (Å²) in [5.41, 5.74) is 8.56. The maximum absolute atomic E-state index is 13.1. The molecule has 0 bridgehead atoms. The molecule has 29 heavy (non-hydrogen) atoms. The van der Waals surface area contributed by atoms with Crippen molar-refractivity contribution in [2.75, 3.05) is 0 Å². The first-order valence-corrected chi connectivity index (χ1v) is 9.17. The lowest BCUT2D eigenvalue weighted by atomic mass is 10.0. The number of fused-ring (bicyclic) bond motifs is 1. The molecule has 2 amide bonds. The third-order valence-electron chi connectivity index (χ3n) is 4.72. The molecule has 2 aromatic carbocycles. The highest BCUT2D eigenvalue weighted by molar-refractivity contribution is 6.04. The summed E-state index contributed by atoms with van der Waals surface area (Å²) in [7, 11) is 1.75. The molecular formula is C22H20N4O3. The van der Waals surface area contributed by atoms with Gasteiger partial charge >= 0.3 is 0 Å². The van der Waals surface area contributed by atoms with Crippen molar-refractivity contribution in [2.24, 2.45) is 12.8 Å². The van der Waals surface area contributed by atoms with Crippen molar-refractivity contribution in [3.63, 3.8) is 0 Å². The van der Waals surface area contributed by atoms with Gasteiger partial charge in [-0.2, -0.15) is 5.10 Å². The van der Waals surface area contributed by atoms with Crippen molar-refractivity contribution < 1.29 is 14.0 Å². The third-order valence-corrected chi connectivity index (χ3v) is 4.72. The molecule has 146 valence electrons. The minimum absolute atomic E-state index is 0.0000102. The van der Waals surface area contributed by atoms with Gasteiger partial charge in [-0.15, -0.1) is 0 Å². The van der Waals surface area contributed by atoms with Crippen LogP contribution in [0.3, 0.4) is 0 Å². The van der Waals surface area contributed by atoms with E-state index in [0.29, 0.717) is 11.3 Å². The molecular weight excluding hydrogens is 368 g/mol. The normalized spacial score (nSPS) is 12.0. The van der Waals surface area contributed by atoms with E-state index in [1.54, 1.807) is 24.2 Å². The summed E-state index contributed by atoms with van der Waals surface area (Å²) in [4.78, 5) is 24.7. The lowest BCUT2D eigenvalue weighted by Crippen LogP contribution is -2.31. The minimum atomic E-state index is -0.532. The second-order valence-electron chi connectivity index (χ2n) is 6.82. The Hall–Kier alpha value is -3.87. The number of hydrogen-bond acceptors (Lipinski definition) is 4. The largest absolute Gasteiger partial charge is 0.464 e. The van der Waals surface area contributed by atoms with Crippen LogP contribution in [0, 0.1) is 0 Å². The number of carbonyl (C=O) groups is 2. The van der Waals surface area contributed by atoms with E-state index >= 15 is 0 Å². The summed E-state index contributed by atoms with van der Waals surface area (Å²) in [5, 5.41) is 8.26. The molecule has 2 aromatic heterocycles. The predicted octanol–water partition coefficient (Wildman–Crippen LogP) is 3.18. The summed E-state index contributed by atoms with van der Waals surface area (Å²) >= 11 is 0. The Balaban J connectivity index is 1.70. The molecule has 0 unspecified atom stereocenters. The molecule has 2 heterocycles. The number of nitrogens with one attached hydrogen (secondary N) is 1. The SMILES string of the molecule is Cn1cc(C(=O)N[C@@H](CC(N)=O)c2ccccc2)c(-c2coc3ccccc23)n1. The predicted molar refractivity (Wildman–Crippen MR) is 109 cm³/mol. The van der Waals surface area contributed by atoms with Gasteiger partial charge in [-0.05, 0) is 11.6 Å². The summed E-state index contributed by atoms with van der Waals surface area (Å²) < 4.78 is 7.19. The van der Waals surface area contributed by atoms with Crippen LogP contribution in [0.1, 0.15) is 28.4 Å². The van der Waals surface area contributed by atoms with E-state index in [1.165, 1.54) is 0 Å². The van der Waals surface area contributed by atoms with Gasteiger partial charge in [0.15, 0.2) is 0 Å². The molecule has 0 radical (unpaired) electrons. The van der Waals surface area contributed by atoms with Crippen LogP contribution in [0.25, 0.3) is 22.2 Å². The average molecular weight is 388 g/mol. The zero-order valence-corrected chi connectivity index (χ0v) is 15.8. The van der Waals surface area contributed by atoms with Crippen molar-refractivity contribution in [3.05, 3.63) is 78.2 Å². The van der Waals surface area contributed by atoms with Crippen LogP contribution in [0.5, 0.6) is 0 Å². The zero-order valence-electron chi connectivity index (χ0n) is 15.8. The molecule has 0 aliphatic carbocycles. The van der Waals surface area contributed by atoms with Gasteiger partial charge in [0.25, 0.3) is 5.91 Å². The number of nitrogens with zero attached hydrogens (tertiary/aromatic N) is 2. The number of benzene rings is 2. The highest BCUT2D eigenvalue weighted by Crippen LogP contribution is 2.32. The molecule has 0 aliphatic heterocycles. The molecule has 0 aliphatic rings. The second kappa shape index (κ2) is 7.63. The molecule has 7 heteroatoms. The molecule has 0 saturated heterocycles. The lowest BCUT2D eigenvalue weighted by Gasteiger charge is -2.17. The third kappa shape index (κ3) is 3.75. The highest BCUT2D eigenvalue weighted by Gasteiger charge is 2.24. The van der Waals surface area contributed by atoms with E-state index in [2.05, 4.69) is 10.4 Å². The van der Waals surface area contributed by atoms with Gasteiger partial charge in [-0.25, -0.2) is 0 Å². The van der Waals surface area contributed by atoms with Gasteiger partial charge in [-0.3, -0.25) is 14.3 Å². The number of amides is 2. The highest BCUT2D eigenvalue weighted by atomic mass is 16.3. The number of nitrogens with two attached hydrogens (primary N) is 1. The summed E-state index contributed by atoms with van der Waals surface area (Å²) in [6.45, 7) is 0. The Morgan fingerprint density at radius 2 is 1.86 bits per heavy atom. The van der Waals surface area contributed by atoms with E-state index in [-0.39, 0.29) is 12.3 Å². The Labute approximate surface area is 167 Å².